The number of hydrogen-bond acceptors (Lipinski definition) is 3. The zero-order valence-electron chi connectivity index (χ0n) is 9.03. The largest absolute Gasteiger partial charge is 0.475 e. The molecule has 0 bridgehead atoms. The Bertz CT molecular complexity index is 563. The highest BCUT2D eigenvalue weighted by atomic mass is 79.9. The van der Waals surface area contributed by atoms with Gasteiger partial charge in [0, 0.05) is 10.5 Å². The number of carboxylic acid groups (broad SMARTS) is 1. The molecule has 2 N–H and O–H groups in total. The molecule has 1 heterocycles. The van der Waals surface area contributed by atoms with Crippen molar-refractivity contribution < 1.29 is 14.3 Å². The normalized spacial score (nSPS) is 10.2. The Morgan fingerprint density at radius 2 is 2.12 bits per heavy atom. The maximum Gasteiger partial charge on any atom is 0.371 e. The number of nitrogens with one attached hydrogen (secondary N) is 1. The molecule has 0 aliphatic carbocycles. The predicted molar refractivity (Wildman–Crippen MR) is 67.8 cm³/mol. The van der Waals surface area contributed by atoms with Crippen molar-refractivity contribution in [1.82, 2.24) is 0 Å². The van der Waals surface area contributed by atoms with E-state index >= 15 is 0 Å². The number of rotatable bonds is 3. The van der Waals surface area contributed by atoms with Gasteiger partial charge in [0.05, 0.1) is 5.69 Å². The van der Waals surface area contributed by atoms with Crippen LogP contribution in [0.2, 0.25) is 0 Å². The Balaban J connectivity index is 2.25. The summed E-state index contributed by atoms with van der Waals surface area (Å²) in [5.41, 5.74) is 1.93. The van der Waals surface area contributed by atoms with Crippen molar-refractivity contribution in [2.75, 3.05) is 5.32 Å². The summed E-state index contributed by atoms with van der Waals surface area (Å²) in [6.07, 6.45) is 0. The molecular formula is C12H10BrNO3. The van der Waals surface area contributed by atoms with Crippen LogP contribution in [-0.4, -0.2) is 11.1 Å². The highest BCUT2D eigenvalue weighted by molar-refractivity contribution is 9.10. The molecule has 17 heavy (non-hydrogen) atoms. The minimum absolute atomic E-state index is 0.0868. The SMILES string of the molecule is Cc1ccc(Br)c(Nc2ccc(C(=O)O)o2)c1. The summed E-state index contributed by atoms with van der Waals surface area (Å²) >= 11 is 3.40. The average molecular weight is 296 g/mol. The summed E-state index contributed by atoms with van der Waals surface area (Å²) in [6, 6.07) is 8.82. The van der Waals surface area contributed by atoms with Crippen molar-refractivity contribution in [1.29, 1.82) is 0 Å². The van der Waals surface area contributed by atoms with E-state index in [1.54, 1.807) is 6.07 Å². The molecule has 0 atom stereocenters. The molecule has 0 radical (unpaired) electrons. The van der Waals surface area contributed by atoms with E-state index in [9.17, 15) is 4.79 Å². The van der Waals surface area contributed by atoms with Gasteiger partial charge in [0.2, 0.25) is 5.76 Å². The van der Waals surface area contributed by atoms with Crippen molar-refractivity contribution in [2.24, 2.45) is 0 Å². The Morgan fingerprint density at radius 1 is 1.35 bits per heavy atom. The van der Waals surface area contributed by atoms with E-state index in [4.69, 9.17) is 9.52 Å². The van der Waals surface area contributed by atoms with Crippen molar-refractivity contribution in [3.05, 3.63) is 46.1 Å². The lowest BCUT2D eigenvalue weighted by Crippen LogP contribution is -1.93. The maximum absolute atomic E-state index is 10.7. The summed E-state index contributed by atoms with van der Waals surface area (Å²) in [5, 5.41) is 11.7. The molecule has 0 aliphatic rings. The third-order valence-corrected chi connectivity index (χ3v) is 2.89. The summed E-state index contributed by atoms with van der Waals surface area (Å²) in [4.78, 5) is 10.7. The molecule has 2 aromatic rings. The predicted octanol–water partition coefficient (Wildman–Crippen LogP) is 3.79. The quantitative estimate of drug-likeness (QED) is 0.904. The first-order valence-electron chi connectivity index (χ1n) is 4.92. The molecule has 5 heteroatoms. The summed E-state index contributed by atoms with van der Waals surface area (Å²) in [5.74, 6) is -0.772. The molecule has 88 valence electrons. The Kier molecular flexibility index (Phi) is 3.19. The Hall–Kier alpha value is -1.75. The van der Waals surface area contributed by atoms with E-state index in [2.05, 4.69) is 21.2 Å². The van der Waals surface area contributed by atoms with Gasteiger partial charge in [-0.15, -0.1) is 0 Å². The van der Waals surface area contributed by atoms with Gasteiger partial charge in [-0.1, -0.05) is 6.07 Å². The highest BCUT2D eigenvalue weighted by Crippen LogP contribution is 2.27. The van der Waals surface area contributed by atoms with Gasteiger partial charge in [0.15, 0.2) is 5.88 Å². The second-order valence-corrected chi connectivity index (χ2v) is 4.43. The third kappa shape index (κ3) is 2.68. The van der Waals surface area contributed by atoms with E-state index in [0.717, 1.165) is 15.7 Å². The minimum atomic E-state index is -1.08. The zero-order valence-corrected chi connectivity index (χ0v) is 10.6. The summed E-state index contributed by atoms with van der Waals surface area (Å²) in [7, 11) is 0. The lowest BCUT2D eigenvalue weighted by atomic mass is 10.2. The number of anilines is 2. The average Bonchev–Trinajstić information content (AvgIpc) is 2.72. The lowest BCUT2D eigenvalue weighted by molar-refractivity contribution is 0.0663. The van der Waals surface area contributed by atoms with E-state index in [1.807, 2.05) is 25.1 Å². The van der Waals surface area contributed by atoms with Gasteiger partial charge in [-0.05, 0) is 46.6 Å². The standard InChI is InChI=1S/C12H10BrNO3/c1-7-2-3-8(13)9(6-7)14-11-5-4-10(17-11)12(15)16/h2-6,14H,1H3,(H,15,16). The van der Waals surface area contributed by atoms with Crippen molar-refractivity contribution in [3.8, 4) is 0 Å². The molecular weight excluding hydrogens is 286 g/mol. The second-order valence-electron chi connectivity index (χ2n) is 3.58. The number of aromatic carboxylic acids is 1. The molecule has 0 saturated heterocycles. The van der Waals surface area contributed by atoms with E-state index in [0.29, 0.717) is 5.88 Å². The fourth-order valence-corrected chi connectivity index (χ4v) is 1.73. The molecule has 0 aliphatic heterocycles. The van der Waals surface area contributed by atoms with Crippen LogP contribution in [-0.2, 0) is 0 Å². The molecule has 1 aromatic heterocycles. The van der Waals surface area contributed by atoms with Crippen molar-refractivity contribution in [3.63, 3.8) is 0 Å². The first kappa shape index (κ1) is 11.7. The topological polar surface area (TPSA) is 62.5 Å². The summed E-state index contributed by atoms with van der Waals surface area (Å²) < 4.78 is 6.00. The maximum atomic E-state index is 10.7. The molecule has 0 amide bonds. The van der Waals surface area contributed by atoms with Crippen LogP contribution in [0.1, 0.15) is 16.1 Å². The number of carbonyl (C=O) groups is 1. The van der Waals surface area contributed by atoms with Crippen LogP contribution in [0.15, 0.2) is 39.2 Å². The molecule has 0 unspecified atom stereocenters. The number of benzene rings is 1. The molecule has 0 spiro atoms. The van der Waals surface area contributed by atoms with Gasteiger partial charge < -0.3 is 14.8 Å². The van der Waals surface area contributed by atoms with E-state index in [-0.39, 0.29) is 5.76 Å². The van der Waals surface area contributed by atoms with Crippen LogP contribution in [0.3, 0.4) is 0 Å². The van der Waals surface area contributed by atoms with Crippen LogP contribution in [0.5, 0.6) is 0 Å². The first-order chi connectivity index (χ1) is 8.06. The number of carboxylic acids is 1. The minimum Gasteiger partial charge on any atom is -0.475 e. The fourth-order valence-electron chi connectivity index (χ4n) is 1.39. The van der Waals surface area contributed by atoms with Gasteiger partial charge in [-0.25, -0.2) is 4.79 Å². The molecule has 0 fully saturated rings. The molecule has 1 aromatic carbocycles. The molecule has 0 saturated carbocycles. The number of halogens is 1. The van der Waals surface area contributed by atoms with Crippen LogP contribution in [0, 0.1) is 6.92 Å². The Morgan fingerprint density at radius 3 is 2.76 bits per heavy atom. The Labute approximate surface area is 106 Å². The van der Waals surface area contributed by atoms with Gasteiger partial charge in [0.1, 0.15) is 0 Å². The zero-order chi connectivity index (χ0) is 12.4. The van der Waals surface area contributed by atoms with E-state index in [1.165, 1.54) is 6.07 Å². The van der Waals surface area contributed by atoms with Crippen molar-refractivity contribution >= 4 is 33.5 Å². The molecule has 2 rings (SSSR count). The third-order valence-electron chi connectivity index (χ3n) is 2.20. The monoisotopic (exact) mass is 295 g/mol. The van der Waals surface area contributed by atoms with Gasteiger partial charge >= 0.3 is 5.97 Å². The van der Waals surface area contributed by atoms with Gasteiger partial charge in [-0.2, -0.15) is 0 Å². The van der Waals surface area contributed by atoms with E-state index < -0.39 is 5.97 Å². The lowest BCUT2D eigenvalue weighted by Gasteiger charge is -2.06. The second kappa shape index (κ2) is 4.63. The first-order valence-corrected chi connectivity index (χ1v) is 5.72. The number of aryl methyl sites for hydroxylation is 1. The number of hydrogen-bond donors (Lipinski definition) is 2. The number of furan rings is 1. The summed E-state index contributed by atoms with van der Waals surface area (Å²) in [6.45, 7) is 1.97. The van der Waals surface area contributed by atoms with Crippen LogP contribution >= 0.6 is 15.9 Å². The molecule has 4 nitrogen and oxygen atoms in total. The van der Waals surface area contributed by atoms with Crippen molar-refractivity contribution in [2.45, 2.75) is 6.92 Å². The fraction of sp³-hybridized carbons (Fsp3) is 0.0833. The van der Waals surface area contributed by atoms with Gasteiger partial charge in [-0.3, -0.25) is 0 Å². The van der Waals surface area contributed by atoms with Crippen LogP contribution < -0.4 is 5.32 Å². The van der Waals surface area contributed by atoms with Crippen LogP contribution in [0.25, 0.3) is 0 Å². The highest BCUT2D eigenvalue weighted by Gasteiger charge is 2.09. The van der Waals surface area contributed by atoms with Crippen LogP contribution in [0.4, 0.5) is 11.6 Å². The smallest absolute Gasteiger partial charge is 0.371 e. The van der Waals surface area contributed by atoms with Gasteiger partial charge in [0.25, 0.3) is 0 Å².